The van der Waals surface area contributed by atoms with Crippen molar-refractivity contribution in [3.05, 3.63) is 10.9 Å². The van der Waals surface area contributed by atoms with Crippen LogP contribution in [0.25, 0.3) is 0 Å². The van der Waals surface area contributed by atoms with Crippen LogP contribution in [0.4, 0.5) is 0 Å². The Balaban J connectivity index is 1.98. The topological polar surface area (TPSA) is 51.2 Å². The van der Waals surface area contributed by atoms with Gasteiger partial charge in [0.05, 0.1) is 7.11 Å². The van der Waals surface area contributed by atoms with E-state index >= 15 is 0 Å². The quantitative estimate of drug-likeness (QED) is 0.831. The Morgan fingerprint density at radius 3 is 3.27 bits per heavy atom. The van der Waals surface area contributed by atoms with Gasteiger partial charge in [-0.05, 0) is 18.0 Å². The van der Waals surface area contributed by atoms with E-state index in [0.29, 0.717) is 18.1 Å². The van der Waals surface area contributed by atoms with E-state index in [4.69, 9.17) is 4.74 Å². The second kappa shape index (κ2) is 4.72. The minimum Gasteiger partial charge on any atom is -0.480 e. The standard InChI is InChI=1S/C10H14N2O2S/c1-14-10-5-8(15-12-10)4-7-6-11-3-2-9(7)13/h5,7,11H,2-4,6H2,1H3. The van der Waals surface area contributed by atoms with Crippen LogP contribution < -0.4 is 10.1 Å². The lowest BCUT2D eigenvalue weighted by Crippen LogP contribution is -2.37. The molecule has 0 aliphatic carbocycles. The van der Waals surface area contributed by atoms with E-state index in [-0.39, 0.29) is 5.92 Å². The number of nitrogens with one attached hydrogen (secondary N) is 1. The normalized spacial score (nSPS) is 21.7. The van der Waals surface area contributed by atoms with Crippen LogP contribution in [0.2, 0.25) is 0 Å². The highest BCUT2D eigenvalue weighted by Gasteiger charge is 2.22. The van der Waals surface area contributed by atoms with Gasteiger partial charge in [0.1, 0.15) is 5.78 Å². The van der Waals surface area contributed by atoms with Crippen molar-refractivity contribution in [1.29, 1.82) is 0 Å². The predicted molar refractivity (Wildman–Crippen MR) is 58.4 cm³/mol. The minimum atomic E-state index is 0.115. The van der Waals surface area contributed by atoms with Crippen LogP contribution in [0.3, 0.4) is 0 Å². The smallest absolute Gasteiger partial charge is 0.225 e. The van der Waals surface area contributed by atoms with Gasteiger partial charge in [-0.2, -0.15) is 4.37 Å². The van der Waals surface area contributed by atoms with Crippen molar-refractivity contribution in [3.8, 4) is 5.88 Å². The zero-order valence-corrected chi connectivity index (χ0v) is 9.47. The lowest BCUT2D eigenvalue weighted by molar-refractivity contribution is -0.123. The van der Waals surface area contributed by atoms with Gasteiger partial charge in [0.15, 0.2) is 0 Å². The molecule has 1 aromatic rings. The van der Waals surface area contributed by atoms with Crippen LogP contribution in [0.15, 0.2) is 6.07 Å². The highest BCUT2D eigenvalue weighted by Crippen LogP contribution is 2.21. The molecular weight excluding hydrogens is 212 g/mol. The van der Waals surface area contributed by atoms with Gasteiger partial charge in [-0.15, -0.1) is 0 Å². The lowest BCUT2D eigenvalue weighted by atomic mass is 9.94. The summed E-state index contributed by atoms with van der Waals surface area (Å²) in [5, 5.41) is 3.24. The number of ether oxygens (including phenoxy) is 1. The molecular formula is C10H14N2O2S. The van der Waals surface area contributed by atoms with E-state index in [2.05, 4.69) is 9.69 Å². The molecule has 1 aromatic heterocycles. The number of ketones is 1. The van der Waals surface area contributed by atoms with Crippen molar-refractivity contribution in [2.75, 3.05) is 20.2 Å². The van der Waals surface area contributed by atoms with Gasteiger partial charge in [0.2, 0.25) is 5.88 Å². The van der Waals surface area contributed by atoms with Crippen LogP contribution in [0.1, 0.15) is 11.3 Å². The summed E-state index contributed by atoms with van der Waals surface area (Å²) in [6, 6.07) is 1.91. The Kier molecular flexibility index (Phi) is 3.33. The van der Waals surface area contributed by atoms with E-state index in [9.17, 15) is 4.79 Å². The molecule has 82 valence electrons. The van der Waals surface area contributed by atoms with Crippen molar-refractivity contribution < 1.29 is 9.53 Å². The van der Waals surface area contributed by atoms with Crippen molar-refractivity contribution in [3.63, 3.8) is 0 Å². The molecule has 15 heavy (non-hydrogen) atoms. The first-order chi connectivity index (χ1) is 7.29. The Morgan fingerprint density at radius 2 is 2.60 bits per heavy atom. The van der Waals surface area contributed by atoms with Crippen molar-refractivity contribution >= 4 is 17.3 Å². The highest BCUT2D eigenvalue weighted by atomic mass is 32.1. The van der Waals surface area contributed by atoms with Gasteiger partial charge < -0.3 is 10.1 Å². The monoisotopic (exact) mass is 226 g/mol. The zero-order chi connectivity index (χ0) is 10.7. The van der Waals surface area contributed by atoms with E-state index in [1.165, 1.54) is 11.5 Å². The van der Waals surface area contributed by atoms with E-state index in [1.807, 2.05) is 6.07 Å². The van der Waals surface area contributed by atoms with Gasteiger partial charge in [-0.1, -0.05) is 0 Å². The molecule has 0 bridgehead atoms. The Bertz CT molecular complexity index is 351. The average Bonchev–Trinajstić information content (AvgIpc) is 2.69. The third kappa shape index (κ3) is 2.54. The number of nitrogens with zero attached hydrogens (tertiary/aromatic N) is 1. The van der Waals surface area contributed by atoms with Crippen LogP contribution in [0.5, 0.6) is 5.88 Å². The minimum absolute atomic E-state index is 0.115. The first-order valence-corrected chi connectivity index (χ1v) is 5.80. The summed E-state index contributed by atoms with van der Waals surface area (Å²) in [6.45, 7) is 1.61. The second-order valence-corrected chi connectivity index (χ2v) is 4.55. The summed E-state index contributed by atoms with van der Waals surface area (Å²) in [5.74, 6) is 1.12. The number of carbonyl (C=O) groups is 1. The first kappa shape index (κ1) is 10.6. The van der Waals surface area contributed by atoms with Crippen LogP contribution >= 0.6 is 11.5 Å². The van der Waals surface area contributed by atoms with E-state index in [0.717, 1.165) is 24.4 Å². The second-order valence-electron chi connectivity index (χ2n) is 3.66. The molecule has 0 saturated carbocycles. The average molecular weight is 226 g/mol. The number of carbonyl (C=O) groups excluding carboxylic acids is 1. The molecule has 1 atom stereocenters. The maximum Gasteiger partial charge on any atom is 0.225 e. The molecule has 0 spiro atoms. The van der Waals surface area contributed by atoms with Gasteiger partial charge in [-0.25, -0.2) is 0 Å². The van der Waals surface area contributed by atoms with Crippen LogP contribution in [-0.4, -0.2) is 30.4 Å². The fourth-order valence-electron chi connectivity index (χ4n) is 1.72. The number of hydrogen-bond acceptors (Lipinski definition) is 5. The molecule has 1 N–H and O–H groups in total. The summed E-state index contributed by atoms with van der Waals surface area (Å²) in [6.07, 6.45) is 1.44. The molecule has 1 aliphatic heterocycles. The van der Waals surface area contributed by atoms with Crippen LogP contribution in [0, 0.1) is 5.92 Å². The third-order valence-electron chi connectivity index (χ3n) is 2.59. The van der Waals surface area contributed by atoms with Gasteiger partial charge >= 0.3 is 0 Å². The lowest BCUT2D eigenvalue weighted by Gasteiger charge is -2.20. The Hall–Kier alpha value is -0.940. The van der Waals surface area contributed by atoms with Gasteiger partial charge in [0, 0.05) is 36.4 Å². The van der Waals surface area contributed by atoms with Gasteiger partial charge in [0.25, 0.3) is 0 Å². The summed E-state index contributed by atoms with van der Waals surface area (Å²) < 4.78 is 9.12. The molecule has 2 rings (SSSR count). The maximum atomic E-state index is 11.6. The van der Waals surface area contributed by atoms with Crippen LogP contribution in [-0.2, 0) is 11.2 Å². The maximum absolute atomic E-state index is 11.6. The number of methoxy groups -OCH3 is 1. The molecule has 0 aromatic carbocycles. The third-order valence-corrected chi connectivity index (χ3v) is 3.38. The van der Waals surface area contributed by atoms with Gasteiger partial charge in [-0.3, -0.25) is 4.79 Å². The molecule has 4 nitrogen and oxygen atoms in total. The number of hydrogen-bond donors (Lipinski definition) is 1. The molecule has 1 saturated heterocycles. The fraction of sp³-hybridized carbons (Fsp3) is 0.600. The van der Waals surface area contributed by atoms with E-state index in [1.54, 1.807) is 7.11 Å². The molecule has 0 radical (unpaired) electrons. The molecule has 1 fully saturated rings. The molecule has 1 unspecified atom stereocenters. The SMILES string of the molecule is COc1cc(CC2CNCCC2=O)sn1. The number of rotatable bonds is 3. The largest absolute Gasteiger partial charge is 0.480 e. The summed E-state index contributed by atoms with van der Waals surface area (Å²) in [4.78, 5) is 12.7. The Labute approximate surface area is 92.8 Å². The molecule has 0 amide bonds. The predicted octanol–water partition coefficient (Wildman–Crippen LogP) is 0.873. The molecule has 1 aliphatic rings. The summed E-state index contributed by atoms with van der Waals surface area (Å²) >= 11 is 1.41. The number of Topliss-reactive ketones (excluding diaryl/α,β-unsaturated/α-hetero) is 1. The molecule has 2 heterocycles. The first-order valence-electron chi connectivity index (χ1n) is 5.02. The highest BCUT2D eigenvalue weighted by molar-refractivity contribution is 7.05. The zero-order valence-electron chi connectivity index (χ0n) is 8.66. The summed E-state index contributed by atoms with van der Waals surface area (Å²) in [5.41, 5.74) is 0. The number of piperidine rings is 1. The Morgan fingerprint density at radius 1 is 1.73 bits per heavy atom. The van der Waals surface area contributed by atoms with Crippen molar-refractivity contribution in [2.45, 2.75) is 12.8 Å². The fourth-order valence-corrected chi connectivity index (χ4v) is 2.48. The van der Waals surface area contributed by atoms with Crippen molar-refractivity contribution in [2.24, 2.45) is 5.92 Å². The molecule has 5 heteroatoms. The van der Waals surface area contributed by atoms with E-state index < -0.39 is 0 Å². The number of aromatic nitrogens is 1. The van der Waals surface area contributed by atoms with Crippen molar-refractivity contribution in [1.82, 2.24) is 9.69 Å². The summed E-state index contributed by atoms with van der Waals surface area (Å²) in [7, 11) is 1.60.